The lowest BCUT2D eigenvalue weighted by Gasteiger charge is -2.28. The number of para-hydroxylation sites is 1. The van der Waals surface area contributed by atoms with Gasteiger partial charge in [-0.25, -0.2) is 4.98 Å². The molecular formula is C70H77N3O. The lowest BCUT2D eigenvalue weighted by molar-refractivity contribution is 0.411. The summed E-state index contributed by atoms with van der Waals surface area (Å²) >= 11 is 0. The van der Waals surface area contributed by atoms with Gasteiger partial charge in [-0.3, -0.25) is 9.55 Å². The van der Waals surface area contributed by atoms with Gasteiger partial charge in [-0.1, -0.05) is 207 Å². The van der Waals surface area contributed by atoms with Crippen molar-refractivity contribution in [1.82, 2.24) is 14.5 Å². The Morgan fingerprint density at radius 1 is 0.541 bits per heavy atom. The van der Waals surface area contributed by atoms with E-state index < -0.39 is 122 Å². The molecule has 0 aliphatic carbocycles. The number of imidazole rings is 1. The zero-order valence-electron chi connectivity index (χ0n) is 69.1. The largest absolute Gasteiger partial charge is 0.507 e. The van der Waals surface area contributed by atoms with Crippen molar-refractivity contribution in [3.63, 3.8) is 0 Å². The first-order chi connectivity index (χ1) is 45.4. The van der Waals surface area contributed by atoms with Crippen LogP contribution in [0.3, 0.4) is 0 Å². The molecule has 0 spiro atoms. The number of phenols is 1. The first kappa shape index (κ1) is 28.6. The Bertz CT molecular complexity index is 4410. The van der Waals surface area contributed by atoms with Gasteiger partial charge in [0.05, 0.1) is 32.1 Å². The van der Waals surface area contributed by atoms with E-state index >= 15 is 0 Å². The number of aryl methyl sites for hydroxylation is 1. The second-order valence-electron chi connectivity index (χ2n) is 22.1. The minimum atomic E-state index is -4.52. The van der Waals surface area contributed by atoms with Crippen molar-refractivity contribution < 1.29 is 40.7 Å². The van der Waals surface area contributed by atoms with E-state index in [-0.39, 0.29) is 56.3 Å². The molecule has 0 aliphatic rings. The number of pyridine rings is 1. The van der Waals surface area contributed by atoms with Crippen LogP contribution in [-0.2, 0) is 28.0 Å². The summed E-state index contributed by atoms with van der Waals surface area (Å²) in [6.07, 6.45) is -0.640. The van der Waals surface area contributed by atoms with Crippen LogP contribution >= 0.6 is 0 Å². The van der Waals surface area contributed by atoms with Gasteiger partial charge < -0.3 is 5.11 Å². The summed E-state index contributed by atoms with van der Waals surface area (Å²) in [7, 11) is 0. The predicted octanol–water partition coefficient (Wildman–Crippen LogP) is 19.2. The van der Waals surface area contributed by atoms with Crippen LogP contribution in [0.4, 0.5) is 0 Å². The second-order valence-corrected chi connectivity index (χ2v) is 22.1. The Morgan fingerprint density at radius 3 is 1.76 bits per heavy atom. The number of hydrogen-bond donors (Lipinski definition) is 1. The Balaban J connectivity index is 1.56. The fourth-order valence-corrected chi connectivity index (χ4v) is 9.20. The van der Waals surface area contributed by atoms with Crippen molar-refractivity contribution in [2.24, 2.45) is 5.41 Å². The fourth-order valence-electron chi connectivity index (χ4n) is 9.20. The van der Waals surface area contributed by atoms with Crippen LogP contribution in [0, 0.1) is 12.3 Å². The SMILES string of the molecule is [2H]c1cc(C([2H])([2H])C(C)(C)C)cc(C([2H])([2H])[2H])c1-c1ccnc(-c2cc(-c3cccc4c3nc(-c3c([2H])c(C(C([2H])([2H])[2H])(C([2H])([2H])[2H])C([2H])([2H])[2H])c([2H])c(C(C([2H])([2H])[2H])(C([2H])([2H])[2H])C([2H])([2H])[2H])c3O)n4-c3c(-c4ccccc4)cc(C(C)(C)C)cc3-c3ccccc3)cc(C(C)(C)C)c2)c1. The standard InChI is InChI=1S/C70H77N3O/c1-44-34-45(43-66(2,3)4)30-31-54(44)48-32-33-71-60(38-48)50-35-49(36-51(37-50)67(5,6)7)55-28-23-29-61-62(55)72-65(58-41-53(69(11,12)13)42-59(64(58)74)70(14,15)16)73(61)63-56(46-24-19-17-20-25-46)39-52(68(8,9)10)40-57(63)47-26-21-18-22-27-47/h17-42,74H,43H2,1-16H3/i1D3,11D3,12D3,13D3,14D3,15D3,16D3,31D,41D,42D,43D2. The molecule has 0 aliphatic heterocycles. The molecule has 0 atom stereocenters. The van der Waals surface area contributed by atoms with Crippen molar-refractivity contribution in [1.29, 1.82) is 0 Å². The van der Waals surface area contributed by atoms with E-state index in [1.807, 2.05) is 65.8 Å². The molecule has 0 fully saturated rings. The molecule has 2 heterocycles. The molecule has 0 saturated carbocycles. The topological polar surface area (TPSA) is 50.9 Å². The van der Waals surface area contributed by atoms with Gasteiger partial charge in [0.2, 0.25) is 0 Å². The molecule has 0 bridgehead atoms. The molecule has 7 aromatic carbocycles. The highest BCUT2D eigenvalue weighted by Gasteiger charge is 2.31. The van der Waals surface area contributed by atoms with Crippen molar-refractivity contribution in [2.45, 2.75) is 138 Å². The zero-order valence-corrected chi connectivity index (χ0v) is 43.1. The summed E-state index contributed by atoms with van der Waals surface area (Å²) in [4.78, 5) is 10.0. The minimum Gasteiger partial charge on any atom is -0.507 e. The third-order valence-electron chi connectivity index (χ3n) is 12.9. The molecular weight excluding hydrogens is 899 g/mol. The number of fused-ring (bicyclic) bond motifs is 1. The zero-order chi connectivity index (χ0) is 75.2. The summed E-state index contributed by atoms with van der Waals surface area (Å²) < 4.78 is 237. The second kappa shape index (κ2) is 19.0. The quantitative estimate of drug-likeness (QED) is 0.165. The van der Waals surface area contributed by atoms with Crippen molar-refractivity contribution in [3.05, 3.63) is 191 Å². The number of aromatic hydroxyl groups is 1. The van der Waals surface area contributed by atoms with Crippen LogP contribution in [0.15, 0.2) is 158 Å². The number of hydrogen-bond acceptors (Lipinski definition) is 3. The minimum absolute atomic E-state index is 0.000681. The highest BCUT2D eigenvalue weighted by atomic mass is 16.3. The Labute approximate surface area is 479 Å². The van der Waals surface area contributed by atoms with Gasteiger partial charge in [0.1, 0.15) is 11.6 Å². The van der Waals surface area contributed by atoms with E-state index in [2.05, 4.69) is 0 Å². The normalized spacial score (nSPS) is 19.3. The fraction of sp³-hybridized carbons (Fsp3) is 0.314. The van der Waals surface area contributed by atoms with Gasteiger partial charge >= 0.3 is 0 Å². The average molecular weight is 1000 g/mol. The number of benzene rings is 7. The predicted molar refractivity (Wildman–Crippen MR) is 316 cm³/mol. The van der Waals surface area contributed by atoms with Gasteiger partial charge in [-0.05, 0) is 144 Å². The Kier molecular flexibility index (Phi) is 7.35. The molecule has 4 heteroatoms. The van der Waals surface area contributed by atoms with Crippen molar-refractivity contribution >= 4 is 11.0 Å². The molecule has 4 nitrogen and oxygen atoms in total. The first-order valence-corrected chi connectivity index (χ1v) is 24.4. The molecule has 0 radical (unpaired) electrons. The monoisotopic (exact) mass is 1000 g/mol. The number of aromatic nitrogens is 3. The van der Waals surface area contributed by atoms with Crippen LogP contribution in [-0.4, -0.2) is 19.6 Å². The molecule has 74 heavy (non-hydrogen) atoms. The molecule has 0 saturated heterocycles. The maximum atomic E-state index is 13.6. The first-order valence-electron chi connectivity index (χ1n) is 37.4. The third kappa shape index (κ3) is 10.5. The van der Waals surface area contributed by atoms with Crippen LogP contribution < -0.4 is 0 Å². The van der Waals surface area contributed by atoms with E-state index in [4.69, 9.17) is 41.5 Å². The average Bonchev–Trinajstić information content (AvgIpc) is 0.820. The van der Waals surface area contributed by atoms with Crippen LogP contribution in [0.25, 0.3) is 83.9 Å². The van der Waals surface area contributed by atoms with E-state index in [1.165, 1.54) is 29.0 Å². The van der Waals surface area contributed by atoms with Gasteiger partial charge in [0, 0.05) is 65.5 Å². The lowest BCUT2D eigenvalue weighted by atomic mass is 9.78. The maximum absolute atomic E-state index is 13.6. The van der Waals surface area contributed by atoms with E-state index in [1.54, 1.807) is 112 Å². The molecule has 1 N–H and O–H groups in total. The maximum Gasteiger partial charge on any atom is 0.149 e. The van der Waals surface area contributed by atoms with Crippen LogP contribution in [0.1, 0.15) is 172 Å². The Hall–Kier alpha value is -7.04. The molecule has 0 amide bonds. The van der Waals surface area contributed by atoms with Gasteiger partial charge in [0.15, 0.2) is 0 Å². The summed E-state index contributed by atoms with van der Waals surface area (Å²) in [6.45, 7) is -12.6. The summed E-state index contributed by atoms with van der Waals surface area (Å²) in [5.41, 5.74) is -11.9. The molecule has 2 aromatic heterocycles. The third-order valence-corrected chi connectivity index (χ3v) is 12.9. The smallest absolute Gasteiger partial charge is 0.149 e. The van der Waals surface area contributed by atoms with Gasteiger partial charge in [-0.15, -0.1) is 0 Å². The Morgan fingerprint density at radius 2 is 1.16 bits per heavy atom. The van der Waals surface area contributed by atoms with Gasteiger partial charge in [-0.2, -0.15) is 0 Å². The summed E-state index contributed by atoms with van der Waals surface area (Å²) in [5, 5.41) is 13.6. The number of rotatable bonds is 8. The molecule has 0 unspecified atom stereocenters. The lowest BCUT2D eigenvalue weighted by Crippen LogP contribution is -2.17. The highest BCUT2D eigenvalue weighted by Crippen LogP contribution is 2.48. The van der Waals surface area contributed by atoms with E-state index in [9.17, 15) is 9.22 Å². The molecule has 9 rings (SSSR count). The summed E-state index contributed by atoms with van der Waals surface area (Å²) in [5.74, 6) is -2.52. The molecule has 378 valence electrons. The van der Waals surface area contributed by atoms with Crippen LogP contribution in [0.2, 0.25) is 0 Å². The number of phenolic OH excluding ortho intramolecular Hbond substituents is 1. The van der Waals surface area contributed by atoms with E-state index in [0.29, 0.717) is 38.9 Å². The summed E-state index contributed by atoms with van der Waals surface area (Å²) in [6, 6.07) is 33.4. The highest BCUT2D eigenvalue weighted by molar-refractivity contribution is 6.00. The number of nitrogens with zero attached hydrogens (tertiary/aromatic N) is 3. The van der Waals surface area contributed by atoms with Crippen LogP contribution in [0.5, 0.6) is 5.75 Å². The molecule has 9 aromatic rings. The van der Waals surface area contributed by atoms with Crippen molar-refractivity contribution in [3.8, 4) is 78.6 Å². The van der Waals surface area contributed by atoms with Crippen molar-refractivity contribution in [2.75, 3.05) is 0 Å². The van der Waals surface area contributed by atoms with E-state index in [0.717, 1.165) is 5.56 Å². The van der Waals surface area contributed by atoms with Gasteiger partial charge in [0.25, 0.3) is 0 Å².